The van der Waals surface area contributed by atoms with Crippen molar-refractivity contribution in [2.75, 3.05) is 0 Å². The van der Waals surface area contributed by atoms with Crippen LogP contribution >= 0.6 is 11.6 Å². The van der Waals surface area contributed by atoms with Crippen LogP contribution in [0.15, 0.2) is 30.5 Å². The lowest BCUT2D eigenvalue weighted by Gasteiger charge is -1.98. The molecule has 0 aliphatic heterocycles. The number of pyridine rings is 1. The van der Waals surface area contributed by atoms with Gasteiger partial charge in [-0.3, -0.25) is 15.1 Å². The van der Waals surface area contributed by atoms with Crippen molar-refractivity contribution < 1.29 is 4.92 Å². The maximum absolute atomic E-state index is 10.6. The predicted molar refractivity (Wildman–Crippen MR) is 64.8 cm³/mol. The lowest BCUT2D eigenvalue weighted by atomic mass is 10.2. The monoisotopic (exact) mass is 238 g/mol. The largest absolute Gasteiger partial charge is 0.288 e. The van der Waals surface area contributed by atoms with Crippen LogP contribution in [-0.4, -0.2) is 9.91 Å². The van der Waals surface area contributed by atoms with Crippen LogP contribution in [0.5, 0.6) is 0 Å². The minimum Gasteiger partial charge on any atom is -0.258 e. The Morgan fingerprint density at radius 3 is 2.69 bits per heavy atom. The topological polar surface area (TPSA) is 56.0 Å². The van der Waals surface area contributed by atoms with E-state index < -0.39 is 4.92 Å². The van der Waals surface area contributed by atoms with Gasteiger partial charge in [0, 0.05) is 17.6 Å². The Hall–Kier alpha value is -1.68. The number of aromatic nitrogens is 1. The Bertz CT molecular complexity index is 514. The van der Waals surface area contributed by atoms with Crippen molar-refractivity contribution in [1.82, 2.24) is 4.98 Å². The normalized spacial score (nSPS) is 9.44. The summed E-state index contributed by atoms with van der Waals surface area (Å²) in [7, 11) is 0. The zero-order valence-electron chi connectivity index (χ0n) is 8.98. The van der Waals surface area contributed by atoms with E-state index in [1.54, 1.807) is 18.3 Å². The summed E-state index contributed by atoms with van der Waals surface area (Å²) in [6, 6.07) is 6.39. The Morgan fingerprint density at radius 1 is 1.38 bits per heavy atom. The van der Waals surface area contributed by atoms with Gasteiger partial charge in [-0.05, 0) is 12.1 Å². The number of hydrogen-bond acceptors (Lipinski definition) is 3. The third-order valence-electron chi connectivity index (χ3n) is 1.87. The summed E-state index contributed by atoms with van der Waals surface area (Å²) in [5, 5.41) is 11.4. The third-order valence-corrected chi connectivity index (χ3v) is 2.17. The van der Waals surface area contributed by atoms with Gasteiger partial charge in [0.15, 0.2) is 0 Å². The summed E-state index contributed by atoms with van der Waals surface area (Å²) < 4.78 is 0. The average Bonchev–Trinajstić information content (AvgIpc) is 2.30. The summed E-state index contributed by atoms with van der Waals surface area (Å²) in [5.41, 5.74) is 0.565. The molecule has 4 nitrogen and oxygen atoms in total. The van der Waals surface area contributed by atoms with Gasteiger partial charge >= 0.3 is 0 Å². The second-order valence-corrected chi connectivity index (χ2v) is 3.16. The average molecular weight is 239 g/mol. The molecule has 1 aromatic carbocycles. The van der Waals surface area contributed by atoms with E-state index in [1.165, 1.54) is 12.1 Å². The fourth-order valence-corrected chi connectivity index (χ4v) is 1.45. The van der Waals surface area contributed by atoms with Crippen molar-refractivity contribution in [3.63, 3.8) is 0 Å². The number of benzene rings is 1. The highest BCUT2D eigenvalue weighted by molar-refractivity contribution is 6.33. The van der Waals surface area contributed by atoms with E-state index in [0.29, 0.717) is 10.9 Å². The first-order valence-electron chi connectivity index (χ1n) is 4.87. The molecule has 0 atom stereocenters. The molecule has 1 heterocycles. The van der Waals surface area contributed by atoms with E-state index in [9.17, 15) is 10.1 Å². The quantitative estimate of drug-likeness (QED) is 0.561. The van der Waals surface area contributed by atoms with Crippen LogP contribution in [0.4, 0.5) is 5.69 Å². The van der Waals surface area contributed by atoms with Gasteiger partial charge in [0.05, 0.1) is 10.4 Å². The molecule has 0 spiro atoms. The Morgan fingerprint density at radius 2 is 2.06 bits per heavy atom. The van der Waals surface area contributed by atoms with E-state index in [2.05, 4.69) is 4.98 Å². The van der Waals surface area contributed by atoms with Gasteiger partial charge in [0.2, 0.25) is 0 Å². The molecule has 1 aromatic heterocycles. The smallest absolute Gasteiger partial charge is 0.258 e. The number of nitro groups is 1. The molecular weight excluding hydrogens is 228 g/mol. The van der Waals surface area contributed by atoms with Gasteiger partial charge in [-0.2, -0.15) is 0 Å². The molecule has 2 aromatic rings. The van der Waals surface area contributed by atoms with Crippen molar-refractivity contribution in [3.05, 3.63) is 45.6 Å². The molecule has 0 aliphatic rings. The van der Waals surface area contributed by atoms with Crippen LogP contribution in [0.2, 0.25) is 5.02 Å². The van der Waals surface area contributed by atoms with Crippen LogP contribution in [-0.2, 0) is 0 Å². The molecule has 0 amide bonds. The summed E-state index contributed by atoms with van der Waals surface area (Å²) in [6.45, 7) is 4.00. The van der Waals surface area contributed by atoms with Crippen LogP contribution < -0.4 is 0 Å². The van der Waals surface area contributed by atoms with Gasteiger partial charge in [-0.15, -0.1) is 0 Å². The van der Waals surface area contributed by atoms with Crippen LogP contribution in [0.3, 0.4) is 0 Å². The van der Waals surface area contributed by atoms with Crippen molar-refractivity contribution in [3.8, 4) is 0 Å². The molecule has 84 valence electrons. The number of hydrogen-bond donors (Lipinski definition) is 0. The molecular formula is C11H11ClN2O2. The zero-order chi connectivity index (χ0) is 12.1. The summed E-state index contributed by atoms with van der Waals surface area (Å²) in [5.74, 6) is 0. The summed E-state index contributed by atoms with van der Waals surface area (Å²) in [6.07, 6.45) is 1.62. The molecule has 0 saturated heterocycles. The first-order valence-corrected chi connectivity index (χ1v) is 5.25. The van der Waals surface area contributed by atoms with E-state index in [0.717, 1.165) is 0 Å². The minimum atomic E-state index is -0.505. The number of fused-ring (bicyclic) bond motifs is 1. The first-order chi connectivity index (χ1) is 7.68. The fourth-order valence-electron chi connectivity index (χ4n) is 1.22. The van der Waals surface area contributed by atoms with Crippen molar-refractivity contribution in [2.45, 2.75) is 13.8 Å². The van der Waals surface area contributed by atoms with Crippen LogP contribution in [0.1, 0.15) is 13.8 Å². The second kappa shape index (κ2) is 5.42. The molecule has 0 saturated carbocycles. The molecule has 0 aliphatic carbocycles. The van der Waals surface area contributed by atoms with Crippen molar-refractivity contribution >= 4 is 28.2 Å². The highest BCUT2D eigenvalue weighted by atomic mass is 35.5. The minimum absolute atomic E-state index is 0.0906. The van der Waals surface area contributed by atoms with Crippen LogP contribution in [0.25, 0.3) is 10.9 Å². The molecule has 16 heavy (non-hydrogen) atoms. The fraction of sp³-hybridized carbons (Fsp3) is 0.182. The van der Waals surface area contributed by atoms with Crippen molar-refractivity contribution in [1.29, 1.82) is 0 Å². The summed E-state index contributed by atoms with van der Waals surface area (Å²) in [4.78, 5) is 14.1. The van der Waals surface area contributed by atoms with Crippen LogP contribution in [0, 0.1) is 10.1 Å². The van der Waals surface area contributed by atoms with Gasteiger partial charge in [0.25, 0.3) is 5.69 Å². The maximum Gasteiger partial charge on any atom is 0.288 e. The molecule has 5 heteroatoms. The Labute approximate surface area is 98.0 Å². The van der Waals surface area contributed by atoms with E-state index in [1.807, 2.05) is 13.8 Å². The van der Waals surface area contributed by atoms with Gasteiger partial charge in [-0.25, -0.2) is 0 Å². The molecule has 0 fully saturated rings. The zero-order valence-corrected chi connectivity index (χ0v) is 9.73. The third kappa shape index (κ3) is 2.46. The van der Waals surface area contributed by atoms with Gasteiger partial charge in [0.1, 0.15) is 5.02 Å². The molecule has 2 rings (SSSR count). The number of nitrogens with zero attached hydrogens (tertiary/aromatic N) is 2. The highest BCUT2D eigenvalue weighted by Gasteiger charge is 2.12. The number of rotatable bonds is 1. The Kier molecular flexibility index (Phi) is 4.19. The van der Waals surface area contributed by atoms with Gasteiger partial charge in [-0.1, -0.05) is 31.5 Å². The number of halogens is 1. The molecule has 0 unspecified atom stereocenters. The van der Waals surface area contributed by atoms with Crippen molar-refractivity contribution in [2.24, 2.45) is 0 Å². The summed E-state index contributed by atoms with van der Waals surface area (Å²) >= 11 is 5.72. The molecule has 0 radical (unpaired) electrons. The lowest BCUT2D eigenvalue weighted by Crippen LogP contribution is -1.89. The standard InChI is InChI=1S/C9H5ClN2O2.C2H6/c10-7-5-8-6(2-1-3-11-8)4-9(7)12(13)14;1-2/h1-5H;1-2H3. The predicted octanol–water partition coefficient (Wildman–Crippen LogP) is 3.82. The Balaban J connectivity index is 0.000000606. The van der Waals surface area contributed by atoms with E-state index in [4.69, 9.17) is 11.6 Å². The van der Waals surface area contributed by atoms with E-state index >= 15 is 0 Å². The second-order valence-electron chi connectivity index (χ2n) is 2.76. The lowest BCUT2D eigenvalue weighted by molar-refractivity contribution is -0.384. The number of nitro benzene ring substituents is 1. The maximum atomic E-state index is 10.6. The molecule has 0 N–H and O–H groups in total. The molecule has 0 bridgehead atoms. The van der Waals surface area contributed by atoms with Gasteiger partial charge < -0.3 is 0 Å². The van der Waals surface area contributed by atoms with E-state index in [-0.39, 0.29) is 10.7 Å². The SMILES string of the molecule is CC.O=[N+]([O-])c1cc2cccnc2cc1Cl. The first kappa shape index (κ1) is 12.4. The highest BCUT2D eigenvalue weighted by Crippen LogP contribution is 2.28.